The van der Waals surface area contributed by atoms with Crippen molar-refractivity contribution in [1.82, 2.24) is 0 Å². The summed E-state index contributed by atoms with van der Waals surface area (Å²) in [6.45, 7) is 6.74. The molecule has 1 rings (SSSR count). The van der Waals surface area contributed by atoms with Crippen LogP contribution in [0.2, 0.25) is 0 Å². The molecule has 1 nitrogen and oxygen atoms in total. The van der Waals surface area contributed by atoms with E-state index in [-0.39, 0.29) is 0 Å². The predicted octanol–water partition coefficient (Wildman–Crippen LogP) is 1.24. The largest absolute Gasteiger partial charge is 0.327 e. The summed E-state index contributed by atoms with van der Waals surface area (Å²) in [5.74, 6) is 2.36. The lowest BCUT2D eigenvalue weighted by Gasteiger charge is -2.45. The van der Waals surface area contributed by atoms with Gasteiger partial charge in [0.15, 0.2) is 0 Å². The maximum Gasteiger partial charge on any atom is 0.00956 e. The summed E-state index contributed by atoms with van der Waals surface area (Å²) in [7, 11) is 0. The molecule has 2 unspecified atom stereocenters. The van der Waals surface area contributed by atoms with E-state index in [0.29, 0.717) is 6.04 Å². The van der Waals surface area contributed by atoms with E-state index in [2.05, 4.69) is 20.8 Å². The molecule has 1 heteroatoms. The molecule has 0 aromatic rings. The first-order chi connectivity index (χ1) is 3.64. The van der Waals surface area contributed by atoms with E-state index >= 15 is 0 Å². The molecule has 0 heterocycles. The van der Waals surface area contributed by atoms with Crippen LogP contribution in [0.3, 0.4) is 0 Å². The molecular weight excluding hydrogens is 98.1 g/mol. The van der Waals surface area contributed by atoms with Crippen LogP contribution in [-0.4, -0.2) is 6.04 Å². The molecule has 0 spiro atoms. The monoisotopic (exact) mass is 113 g/mol. The first-order valence-electron chi connectivity index (χ1n) is 3.40. The normalized spacial score (nSPS) is 55.5. The third-order valence-electron chi connectivity index (χ3n) is 2.87. The maximum atomic E-state index is 5.76. The minimum Gasteiger partial charge on any atom is -0.327 e. The van der Waals surface area contributed by atoms with E-state index < -0.39 is 0 Å². The molecule has 0 saturated heterocycles. The molecule has 0 amide bonds. The molecule has 0 bridgehead atoms. The van der Waals surface area contributed by atoms with Crippen molar-refractivity contribution in [3.8, 4) is 0 Å². The minimum atomic E-state index is 0.477. The van der Waals surface area contributed by atoms with Gasteiger partial charge in [0.25, 0.3) is 0 Å². The van der Waals surface area contributed by atoms with Gasteiger partial charge in [-0.25, -0.2) is 0 Å². The van der Waals surface area contributed by atoms with Crippen molar-refractivity contribution in [2.75, 3.05) is 0 Å². The number of hydrogen-bond donors (Lipinski definition) is 1. The van der Waals surface area contributed by atoms with Gasteiger partial charge in [-0.3, -0.25) is 0 Å². The van der Waals surface area contributed by atoms with Gasteiger partial charge < -0.3 is 5.73 Å². The fourth-order valence-electron chi connectivity index (χ4n) is 1.51. The summed E-state index contributed by atoms with van der Waals surface area (Å²) in [5.41, 5.74) is 5.76. The molecule has 48 valence electrons. The highest BCUT2D eigenvalue weighted by Gasteiger charge is 2.38. The lowest BCUT2D eigenvalue weighted by molar-refractivity contribution is 0.0803. The lowest BCUT2D eigenvalue weighted by Crippen LogP contribution is -2.52. The predicted molar refractivity (Wildman–Crippen MR) is 35.5 cm³/mol. The van der Waals surface area contributed by atoms with E-state index in [1.165, 1.54) is 0 Å². The molecule has 2 atom stereocenters. The molecule has 1 aliphatic carbocycles. The Morgan fingerprint density at radius 1 is 0.875 bits per heavy atom. The second-order valence-corrected chi connectivity index (χ2v) is 3.15. The maximum absolute atomic E-state index is 5.76. The zero-order chi connectivity index (χ0) is 6.31. The quantitative estimate of drug-likeness (QED) is 0.502. The van der Waals surface area contributed by atoms with E-state index in [1.807, 2.05) is 0 Å². The summed E-state index contributed by atoms with van der Waals surface area (Å²) in [6.07, 6.45) is 0. The Morgan fingerprint density at radius 3 is 1.38 bits per heavy atom. The topological polar surface area (TPSA) is 26.0 Å². The standard InChI is InChI=1S/C7H15N/c1-4-5(2)7(8)6(4)3/h4-7H,8H2,1-3H3. The van der Waals surface area contributed by atoms with Gasteiger partial charge in [-0.2, -0.15) is 0 Å². The van der Waals surface area contributed by atoms with Crippen LogP contribution in [0.4, 0.5) is 0 Å². The van der Waals surface area contributed by atoms with Crippen LogP contribution in [0.1, 0.15) is 20.8 Å². The van der Waals surface area contributed by atoms with Gasteiger partial charge in [0.2, 0.25) is 0 Å². The Bertz CT molecular complexity index is 58.4. The molecule has 0 aliphatic heterocycles. The van der Waals surface area contributed by atoms with Crippen molar-refractivity contribution in [2.24, 2.45) is 23.5 Å². The highest BCUT2D eigenvalue weighted by atomic mass is 14.7. The molecule has 8 heavy (non-hydrogen) atoms. The second kappa shape index (κ2) is 1.73. The van der Waals surface area contributed by atoms with E-state index in [0.717, 1.165) is 17.8 Å². The zero-order valence-corrected chi connectivity index (χ0v) is 5.89. The van der Waals surface area contributed by atoms with Crippen molar-refractivity contribution in [1.29, 1.82) is 0 Å². The van der Waals surface area contributed by atoms with Crippen LogP contribution in [0.25, 0.3) is 0 Å². The van der Waals surface area contributed by atoms with Crippen molar-refractivity contribution in [2.45, 2.75) is 26.8 Å². The first kappa shape index (κ1) is 6.09. The number of rotatable bonds is 0. The zero-order valence-electron chi connectivity index (χ0n) is 5.89. The summed E-state index contributed by atoms with van der Waals surface area (Å²) in [5, 5.41) is 0. The van der Waals surface area contributed by atoms with Gasteiger partial charge in [-0.1, -0.05) is 20.8 Å². The average Bonchev–Trinajstić information content (AvgIpc) is 1.83. The van der Waals surface area contributed by atoms with E-state index in [9.17, 15) is 0 Å². The summed E-state index contributed by atoms with van der Waals surface area (Å²) in [6, 6.07) is 0.477. The highest BCUT2D eigenvalue weighted by molar-refractivity contribution is 4.92. The Labute approximate surface area is 51.3 Å². The minimum absolute atomic E-state index is 0.477. The Kier molecular flexibility index (Phi) is 1.31. The number of hydrogen-bond acceptors (Lipinski definition) is 1. The van der Waals surface area contributed by atoms with Gasteiger partial charge in [0.05, 0.1) is 0 Å². The molecule has 1 saturated carbocycles. The lowest BCUT2D eigenvalue weighted by atomic mass is 9.64. The second-order valence-electron chi connectivity index (χ2n) is 3.15. The van der Waals surface area contributed by atoms with Gasteiger partial charge in [0, 0.05) is 6.04 Å². The van der Waals surface area contributed by atoms with Gasteiger partial charge in [-0.15, -0.1) is 0 Å². The van der Waals surface area contributed by atoms with Crippen LogP contribution in [-0.2, 0) is 0 Å². The molecule has 0 radical (unpaired) electrons. The fourth-order valence-corrected chi connectivity index (χ4v) is 1.51. The molecule has 1 aliphatic rings. The third kappa shape index (κ3) is 0.576. The van der Waals surface area contributed by atoms with Gasteiger partial charge >= 0.3 is 0 Å². The molecule has 0 aromatic carbocycles. The molecule has 0 aromatic heterocycles. The molecule has 1 fully saturated rings. The first-order valence-corrected chi connectivity index (χ1v) is 3.40. The van der Waals surface area contributed by atoms with Crippen LogP contribution in [0.5, 0.6) is 0 Å². The van der Waals surface area contributed by atoms with Crippen molar-refractivity contribution >= 4 is 0 Å². The van der Waals surface area contributed by atoms with Crippen LogP contribution in [0.15, 0.2) is 0 Å². The number of nitrogens with two attached hydrogens (primary N) is 1. The SMILES string of the molecule is CC1C(C)C(N)C1C. The fraction of sp³-hybridized carbons (Fsp3) is 1.00. The van der Waals surface area contributed by atoms with Crippen LogP contribution >= 0.6 is 0 Å². The van der Waals surface area contributed by atoms with Crippen LogP contribution in [0, 0.1) is 17.8 Å². The van der Waals surface area contributed by atoms with Crippen molar-refractivity contribution < 1.29 is 0 Å². The van der Waals surface area contributed by atoms with E-state index in [4.69, 9.17) is 5.73 Å². The van der Waals surface area contributed by atoms with Crippen molar-refractivity contribution in [3.05, 3.63) is 0 Å². The van der Waals surface area contributed by atoms with Crippen molar-refractivity contribution in [3.63, 3.8) is 0 Å². The summed E-state index contributed by atoms with van der Waals surface area (Å²) in [4.78, 5) is 0. The third-order valence-corrected chi connectivity index (χ3v) is 2.87. The van der Waals surface area contributed by atoms with E-state index in [1.54, 1.807) is 0 Å². The Balaban J connectivity index is 2.42. The average molecular weight is 113 g/mol. The van der Waals surface area contributed by atoms with Gasteiger partial charge in [0.1, 0.15) is 0 Å². The Morgan fingerprint density at radius 2 is 1.25 bits per heavy atom. The summed E-state index contributed by atoms with van der Waals surface area (Å²) >= 11 is 0. The van der Waals surface area contributed by atoms with Crippen LogP contribution < -0.4 is 5.73 Å². The smallest absolute Gasteiger partial charge is 0.00956 e. The molecular formula is C7H15N. The Hall–Kier alpha value is -0.0400. The van der Waals surface area contributed by atoms with Gasteiger partial charge in [-0.05, 0) is 17.8 Å². The molecule has 2 N–H and O–H groups in total. The highest BCUT2D eigenvalue weighted by Crippen LogP contribution is 2.37. The summed E-state index contributed by atoms with van der Waals surface area (Å²) < 4.78 is 0.